The van der Waals surface area contributed by atoms with Crippen LogP contribution in [0.5, 0.6) is 0 Å². The van der Waals surface area contributed by atoms with Gasteiger partial charge in [-0.2, -0.15) is 5.26 Å². The lowest BCUT2D eigenvalue weighted by atomic mass is 10.1. The van der Waals surface area contributed by atoms with Gasteiger partial charge in [-0.15, -0.1) is 0 Å². The van der Waals surface area contributed by atoms with Crippen molar-refractivity contribution < 1.29 is 4.39 Å². The Morgan fingerprint density at radius 1 is 1.36 bits per heavy atom. The van der Waals surface area contributed by atoms with E-state index in [2.05, 4.69) is 17.2 Å². The molecule has 0 bridgehead atoms. The number of nitriles is 1. The number of halogens is 1. The zero-order valence-electron chi connectivity index (χ0n) is 7.76. The van der Waals surface area contributed by atoms with Crippen LogP contribution in [0.4, 0.5) is 4.39 Å². The van der Waals surface area contributed by atoms with Gasteiger partial charge in [0, 0.05) is 5.56 Å². The average molecular weight is 188 g/mol. The quantitative estimate of drug-likeness (QED) is 0.673. The maximum atomic E-state index is 12.9. The van der Waals surface area contributed by atoms with Crippen LogP contribution in [0.1, 0.15) is 11.1 Å². The van der Waals surface area contributed by atoms with Crippen LogP contribution in [-0.4, -0.2) is 13.6 Å². The number of nitrogens with one attached hydrogen (secondary N) is 1. The van der Waals surface area contributed by atoms with Gasteiger partial charge >= 0.3 is 0 Å². The molecular formula is C11H9FN2. The summed E-state index contributed by atoms with van der Waals surface area (Å²) in [6.45, 7) is 0.540. The fourth-order valence-electron chi connectivity index (χ4n) is 0.961. The Labute approximate surface area is 82.4 Å². The van der Waals surface area contributed by atoms with Crippen molar-refractivity contribution in [3.8, 4) is 17.9 Å². The van der Waals surface area contributed by atoms with E-state index in [1.807, 2.05) is 6.07 Å². The first-order valence-electron chi connectivity index (χ1n) is 4.10. The van der Waals surface area contributed by atoms with Crippen LogP contribution < -0.4 is 5.32 Å². The molecule has 0 atom stereocenters. The summed E-state index contributed by atoms with van der Waals surface area (Å²) in [6, 6.07) is 5.93. The van der Waals surface area contributed by atoms with Crippen LogP contribution in [0.2, 0.25) is 0 Å². The lowest BCUT2D eigenvalue weighted by Crippen LogP contribution is -2.04. The van der Waals surface area contributed by atoms with E-state index < -0.39 is 5.82 Å². The monoisotopic (exact) mass is 188 g/mol. The van der Waals surface area contributed by atoms with Crippen molar-refractivity contribution in [1.82, 2.24) is 5.32 Å². The van der Waals surface area contributed by atoms with Gasteiger partial charge in [0.1, 0.15) is 5.82 Å². The van der Waals surface area contributed by atoms with Crippen molar-refractivity contribution in [3.05, 3.63) is 35.1 Å². The summed E-state index contributed by atoms with van der Waals surface area (Å²) < 4.78 is 12.9. The highest BCUT2D eigenvalue weighted by Crippen LogP contribution is 2.06. The Balaban J connectivity index is 2.95. The fourth-order valence-corrected chi connectivity index (χ4v) is 0.961. The zero-order valence-corrected chi connectivity index (χ0v) is 7.76. The van der Waals surface area contributed by atoms with Crippen molar-refractivity contribution in [2.45, 2.75) is 0 Å². The Kier molecular flexibility index (Phi) is 3.67. The fraction of sp³-hybridized carbons (Fsp3) is 0.182. The smallest absolute Gasteiger partial charge is 0.125 e. The third-order valence-corrected chi connectivity index (χ3v) is 1.52. The second-order valence-corrected chi connectivity index (χ2v) is 2.67. The molecule has 0 amide bonds. The highest BCUT2D eigenvalue weighted by atomic mass is 19.1. The molecule has 0 aliphatic heterocycles. The normalized spacial score (nSPS) is 8.64. The molecule has 0 saturated carbocycles. The van der Waals surface area contributed by atoms with E-state index in [1.54, 1.807) is 13.1 Å². The summed E-state index contributed by atoms with van der Waals surface area (Å²) in [5, 5.41) is 11.4. The first kappa shape index (κ1) is 10.2. The SMILES string of the molecule is CNCC#Cc1cc(F)cc(C#N)c1. The van der Waals surface area contributed by atoms with Crippen molar-refractivity contribution >= 4 is 0 Å². The molecular weight excluding hydrogens is 179 g/mol. The summed E-state index contributed by atoms with van der Waals surface area (Å²) in [4.78, 5) is 0. The maximum absolute atomic E-state index is 12.9. The van der Waals surface area contributed by atoms with E-state index in [9.17, 15) is 4.39 Å². The molecule has 1 aromatic carbocycles. The summed E-state index contributed by atoms with van der Waals surface area (Å²) in [5.41, 5.74) is 0.815. The highest BCUT2D eigenvalue weighted by molar-refractivity contribution is 5.42. The molecule has 0 saturated heterocycles. The molecule has 0 aliphatic rings. The Hall–Kier alpha value is -1.84. The molecule has 3 heteroatoms. The van der Waals surface area contributed by atoms with Crippen molar-refractivity contribution in [1.29, 1.82) is 5.26 Å². The summed E-state index contributed by atoms with van der Waals surface area (Å²) in [5.74, 6) is 5.12. The van der Waals surface area contributed by atoms with E-state index in [1.165, 1.54) is 12.1 Å². The third kappa shape index (κ3) is 2.90. The number of nitrogens with zero attached hydrogens (tertiary/aromatic N) is 1. The second-order valence-electron chi connectivity index (χ2n) is 2.67. The predicted molar refractivity (Wildman–Crippen MR) is 51.9 cm³/mol. The maximum Gasteiger partial charge on any atom is 0.125 e. The van der Waals surface area contributed by atoms with Crippen LogP contribution in [0, 0.1) is 29.0 Å². The van der Waals surface area contributed by atoms with Crippen LogP contribution in [0.3, 0.4) is 0 Å². The molecule has 14 heavy (non-hydrogen) atoms. The molecule has 0 radical (unpaired) electrons. The lowest BCUT2D eigenvalue weighted by Gasteiger charge is -1.93. The van der Waals surface area contributed by atoms with Crippen LogP contribution in [0.15, 0.2) is 18.2 Å². The molecule has 0 aliphatic carbocycles. The minimum Gasteiger partial charge on any atom is -0.309 e. The highest BCUT2D eigenvalue weighted by Gasteiger charge is 1.97. The third-order valence-electron chi connectivity index (χ3n) is 1.52. The van der Waals surface area contributed by atoms with Gasteiger partial charge in [0.2, 0.25) is 0 Å². The van der Waals surface area contributed by atoms with E-state index in [4.69, 9.17) is 5.26 Å². The molecule has 0 fully saturated rings. The van der Waals surface area contributed by atoms with E-state index >= 15 is 0 Å². The largest absolute Gasteiger partial charge is 0.309 e. The standard InChI is InChI=1S/C11H9FN2/c1-14-4-2-3-9-5-10(8-13)7-11(12)6-9/h5-7,14H,4H2,1H3. The molecule has 0 spiro atoms. The van der Waals surface area contributed by atoms with Gasteiger partial charge in [-0.1, -0.05) is 11.8 Å². The first-order chi connectivity index (χ1) is 6.76. The van der Waals surface area contributed by atoms with Gasteiger partial charge < -0.3 is 5.32 Å². The molecule has 0 unspecified atom stereocenters. The molecule has 1 N–H and O–H groups in total. The van der Waals surface area contributed by atoms with Gasteiger partial charge in [0.25, 0.3) is 0 Å². The topological polar surface area (TPSA) is 35.8 Å². The average Bonchev–Trinajstić information content (AvgIpc) is 2.17. The number of hydrogen-bond acceptors (Lipinski definition) is 2. The summed E-state index contributed by atoms with van der Waals surface area (Å²) in [7, 11) is 1.78. The van der Waals surface area contributed by atoms with Gasteiger partial charge in [-0.05, 0) is 25.2 Å². The summed E-state index contributed by atoms with van der Waals surface area (Å²) >= 11 is 0. The van der Waals surface area contributed by atoms with Crippen LogP contribution in [-0.2, 0) is 0 Å². The minimum absolute atomic E-state index is 0.291. The molecule has 1 rings (SSSR count). The predicted octanol–water partition coefficient (Wildman–Crippen LogP) is 1.27. The van der Waals surface area contributed by atoms with Crippen LogP contribution in [0.25, 0.3) is 0 Å². The van der Waals surface area contributed by atoms with Gasteiger partial charge in [0.15, 0.2) is 0 Å². The Morgan fingerprint density at radius 2 is 2.07 bits per heavy atom. The van der Waals surface area contributed by atoms with Gasteiger partial charge in [-0.25, -0.2) is 4.39 Å². The van der Waals surface area contributed by atoms with E-state index in [0.717, 1.165) is 0 Å². The Bertz CT molecular complexity index is 421. The van der Waals surface area contributed by atoms with Gasteiger partial charge in [0.05, 0.1) is 18.2 Å². The molecule has 1 aromatic rings. The number of benzene rings is 1. The molecule has 0 heterocycles. The zero-order chi connectivity index (χ0) is 10.4. The van der Waals surface area contributed by atoms with Crippen LogP contribution >= 0.6 is 0 Å². The number of hydrogen-bond donors (Lipinski definition) is 1. The lowest BCUT2D eigenvalue weighted by molar-refractivity contribution is 0.627. The first-order valence-corrected chi connectivity index (χ1v) is 4.10. The molecule has 2 nitrogen and oxygen atoms in total. The van der Waals surface area contributed by atoms with Gasteiger partial charge in [-0.3, -0.25) is 0 Å². The van der Waals surface area contributed by atoms with E-state index in [-0.39, 0.29) is 0 Å². The van der Waals surface area contributed by atoms with E-state index in [0.29, 0.717) is 17.7 Å². The van der Waals surface area contributed by atoms with Crippen molar-refractivity contribution in [2.24, 2.45) is 0 Å². The van der Waals surface area contributed by atoms with Crippen molar-refractivity contribution in [3.63, 3.8) is 0 Å². The summed E-state index contributed by atoms with van der Waals surface area (Å²) in [6.07, 6.45) is 0. The molecule has 0 aromatic heterocycles. The van der Waals surface area contributed by atoms with Crippen molar-refractivity contribution in [2.75, 3.05) is 13.6 Å². The minimum atomic E-state index is -0.433. The number of rotatable bonds is 1. The molecule has 70 valence electrons. The second kappa shape index (κ2) is 5.01. The Morgan fingerprint density at radius 3 is 2.71 bits per heavy atom.